The summed E-state index contributed by atoms with van der Waals surface area (Å²) >= 11 is 0. The van der Waals surface area contributed by atoms with Gasteiger partial charge < -0.3 is 5.73 Å². The molecular formula is C13H19N3O4S. The molecule has 1 aliphatic rings. The Morgan fingerprint density at radius 2 is 1.86 bits per heavy atom. The standard InChI is InChI=1S/C13H19N3O4S/c1-13(2)5-7-15(8-6-13)21(19,20)12-9-10(14)3-4-11(12)16(17)18/h3-4,9H,5-8,14H2,1-2H3. The second kappa shape index (κ2) is 5.27. The highest BCUT2D eigenvalue weighted by Crippen LogP contribution is 2.35. The first-order valence-corrected chi connectivity index (χ1v) is 8.12. The summed E-state index contributed by atoms with van der Waals surface area (Å²) in [4.78, 5) is 10.0. The van der Waals surface area contributed by atoms with Gasteiger partial charge in [0.05, 0.1) is 4.92 Å². The van der Waals surface area contributed by atoms with Crippen molar-refractivity contribution in [2.45, 2.75) is 31.6 Å². The Morgan fingerprint density at radius 3 is 2.38 bits per heavy atom. The summed E-state index contributed by atoms with van der Waals surface area (Å²) in [6.07, 6.45) is 1.45. The van der Waals surface area contributed by atoms with Crippen LogP contribution in [0.3, 0.4) is 0 Å². The number of benzene rings is 1. The van der Waals surface area contributed by atoms with E-state index in [1.807, 2.05) is 0 Å². The molecule has 0 amide bonds. The highest BCUT2D eigenvalue weighted by atomic mass is 32.2. The SMILES string of the molecule is CC1(C)CCN(S(=O)(=O)c2cc(N)ccc2[N+](=O)[O-])CC1. The van der Waals surface area contributed by atoms with Gasteiger partial charge in [0.1, 0.15) is 0 Å². The average molecular weight is 313 g/mol. The number of nitrogens with two attached hydrogens (primary N) is 1. The Balaban J connectivity index is 2.41. The topological polar surface area (TPSA) is 107 Å². The number of hydrogen-bond donors (Lipinski definition) is 1. The minimum absolute atomic E-state index is 0.0909. The van der Waals surface area contributed by atoms with E-state index in [1.54, 1.807) is 0 Å². The monoisotopic (exact) mass is 313 g/mol. The molecule has 0 bridgehead atoms. The molecule has 1 aromatic rings. The Morgan fingerprint density at radius 1 is 1.29 bits per heavy atom. The smallest absolute Gasteiger partial charge is 0.289 e. The van der Waals surface area contributed by atoms with Crippen LogP contribution in [0.2, 0.25) is 0 Å². The van der Waals surface area contributed by atoms with Crippen molar-refractivity contribution in [1.29, 1.82) is 0 Å². The van der Waals surface area contributed by atoms with Crippen LogP contribution in [0.25, 0.3) is 0 Å². The van der Waals surface area contributed by atoms with Crippen molar-refractivity contribution in [3.8, 4) is 0 Å². The summed E-state index contributed by atoms with van der Waals surface area (Å²) in [5, 5.41) is 11.0. The minimum atomic E-state index is -3.90. The first-order chi connectivity index (χ1) is 9.63. The predicted octanol–water partition coefficient (Wildman–Crippen LogP) is 1.99. The van der Waals surface area contributed by atoms with Crippen LogP contribution in [-0.2, 0) is 10.0 Å². The molecule has 0 spiro atoms. The lowest BCUT2D eigenvalue weighted by atomic mass is 9.83. The van der Waals surface area contributed by atoms with Crippen molar-refractivity contribution in [2.24, 2.45) is 5.41 Å². The molecule has 7 nitrogen and oxygen atoms in total. The largest absolute Gasteiger partial charge is 0.399 e. The minimum Gasteiger partial charge on any atom is -0.399 e. The summed E-state index contributed by atoms with van der Waals surface area (Å²) in [5.74, 6) is 0. The van der Waals surface area contributed by atoms with Gasteiger partial charge in [-0.05, 0) is 30.4 Å². The lowest BCUT2D eigenvalue weighted by Gasteiger charge is -2.35. The van der Waals surface area contributed by atoms with Gasteiger partial charge in [-0.15, -0.1) is 0 Å². The maximum Gasteiger partial charge on any atom is 0.289 e. The molecule has 116 valence electrons. The zero-order chi connectivity index (χ0) is 15.8. The maximum absolute atomic E-state index is 12.6. The molecule has 2 N–H and O–H groups in total. The first-order valence-electron chi connectivity index (χ1n) is 6.68. The van der Waals surface area contributed by atoms with E-state index in [0.29, 0.717) is 13.1 Å². The highest BCUT2D eigenvalue weighted by molar-refractivity contribution is 7.89. The molecule has 1 aromatic carbocycles. The van der Waals surface area contributed by atoms with E-state index in [9.17, 15) is 18.5 Å². The maximum atomic E-state index is 12.6. The van der Waals surface area contributed by atoms with Gasteiger partial charge in [0.15, 0.2) is 4.90 Å². The quantitative estimate of drug-likeness (QED) is 0.521. The van der Waals surface area contributed by atoms with Crippen LogP contribution in [0, 0.1) is 15.5 Å². The van der Waals surface area contributed by atoms with Crippen LogP contribution >= 0.6 is 0 Å². The van der Waals surface area contributed by atoms with Crippen LogP contribution in [0.15, 0.2) is 23.1 Å². The Kier molecular flexibility index (Phi) is 3.94. The molecule has 2 rings (SSSR count). The fourth-order valence-electron chi connectivity index (χ4n) is 2.36. The second-order valence-corrected chi connectivity index (χ2v) is 7.96. The average Bonchev–Trinajstić information content (AvgIpc) is 2.37. The van der Waals surface area contributed by atoms with E-state index in [1.165, 1.54) is 10.4 Å². The third kappa shape index (κ3) is 3.16. The van der Waals surface area contributed by atoms with Crippen LogP contribution < -0.4 is 5.73 Å². The fourth-order valence-corrected chi connectivity index (χ4v) is 3.99. The molecule has 0 radical (unpaired) electrons. The number of nitrogen functional groups attached to an aromatic ring is 1. The fraction of sp³-hybridized carbons (Fsp3) is 0.538. The third-order valence-corrected chi connectivity index (χ3v) is 5.80. The summed E-state index contributed by atoms with van der Waals surface area (Å²) in [6, 6.07) is 3.62. The zero-order valence-electron chi connectivity index (χ0n) is 12.1. The van der Waals surface area contributed by atoms with Crippen molar-refractivity contribution >= 4 is 21.4 Å². The van der Waals surface area contributed by atoms with Crippen molar-refractivity contribution in [3.05, 3.63) is 28.3 Å². The van der Waals surface area contributed by atoms with Gasteiger partial charge in [0, 0.05) is 24.8 Å². The lowest BCUT2D eigenvalue weighted by Crippen LogP contribution is -2.41. The van der Waals surface area contributed by atoms with Crippen molar-refractivity contribution in [1.82, 2.24) is 4.31 Å². The Hall–Kier alpha value is -1.67. The molecule has 21 heavy (non-hydrogen) atoms. The van der Waals surface area contributed by atoms with E-state index in [4.69, 9.17) is 5.73 Å². The zero-order valence-corrected chi connectivity index (χ0v) is 12.9. The van der Waals surface area contributed by atoms with Gasteiger partial charge in [-0.2, -0.15) is 4.31 Å². The first kappa shape index (κ1) is 15.7. The van der Waals surface area contributed by atoms with Crippen LogP contribution in [-0.4, -0.2) is 30.7 Å². The van der Waals surface area contributed by atoms with E-state index >= 15 is 0 Å². The molecule has 1 aliphatic heterocycles. The number of rotatable bonds is 3. The van der Waals surface area contributed by atoms with Gasteiger partial charge in [0.25, 0.3) is 5.69 Å². The molecule has 0 aliphatic carbocycles. The number of anilines is 1. The lowest BCUT2D eigenvalue weighted by molar-refractivity contribution is -0.387. The van der Waals surface area contributed by atoms with Gasteiger partial charge in [-0.1, -0.05) is 13.8 Å². The molecule has 0 atom stereocenters. The molecule has 8 heteroatoms. The van der Waals surface area contributed by atoms with E-state index < -0.39 is 20.6 Å². The van der Waals surface area contributed by atoms with E-state index in [2.05, 4.69) is 13.8 Å². The number of nitro groups is 1. The molecule has 0 aromatic heterocycles. The summed E-state index contributed by atoms with van der Waals surface area (Å²) < 4.78 is 26.6. The summed E-state index contributed by atoms with van der Waals surface area (Å²) in [6.45, 7) is 4.89. The van der Waals surface area contributed by atoms with E-state index in [-0.39, 0.29) is 16.0 Å². The molecule has 1 saturated heterocycles. The molecule has 0 unspecified atom stereocenters. The number of nitro benzene ring substituents is 1. The second-order valence-electron chi connectivity index (χ2n) is 6.05. The van der Waals surface area contributed by atoms with Crippen molar-refractivity contribution < 1.29 is 13.3 Å². The number of hydrogen-bond acceptors (Lipinski definition) is 5. The molecule has 1 heterocycles. The number of piperidine rings is 1. The highest BCUT2D eigenvalue weighted by Gasteiger charge is 2.36. The molecule has 0 saturated carbocycles. The Labute approximate surface area is 123 Å². The van der Waals surface area contributed by atoms with Gasteiger partial charge in [-0.3, -0.25) is 10.1 Å². The summed E-state index contributed by atoms with van der Waals surface area (Å²) in [7, 11) is -3.90. The van der Waals surface area contributed by atoms with E-state index in [0.717, 1.165) is 25.0 Å². The van der Waals surface area contributed by atoms with Gasteiger partial charge in [-0.25, -0.2) is 8.42 Å². The Bertz CT molecular complexity index is 660. The van der Waals surface area contributed by atoms with Crippen molar-refractivity contribution in [3.63, 3.8) is 0 Å². The van der Waals surface area contributed by atoms with Crippen molar-refractivity contribution in [2.75, 3.05) is 18.8 Å². The third-order valence-electron chi connectivity index (χ3n) is 3.87. The summed E-state index contributed by atoms with van der Waals surface area (Å²) in [5.41, 5.74) is 5.44. The van der Waals surface area contributed by atoms with Crippen LogP contribution in [0.4, 0.5) is 11.4 Å². The van der Waals surface area contributed by atoms with Crippen LogP contribution in [0.1, 0.15) is 26.7 Å². The van der Waals surface area contributed by atoms with Gasteiger partial charge in [0.2, 0.25) is 10.0 Å². The number of nitrogens with zero attached hydrogens (tertiary/aromatic N) is 2. The molecule has 1 fully saturated rings. The van der Waals surface area contributed by atoms with Crippen LogP contribution in [0.5, 0.6) is 0 Å². The number of sulfonamides is 1. The van der Waals surface area contributed by atoms with Gasteiger partial charge >= 0.3 is 0 Å². The predicted molar refractivity (Wildman–Crippen MR) is 79.3 cm³/mol. The molecular weight excluding hydrogens is 294 g/mol. The normalized spacial score (nSPS) is 19.3.